The van der Waals surface area contributed by atoms with E-state index in [0.29, 0.717) is 11.1 Å². The molecule has 0 bridgehead atoms. The van der Waals surface area contributed by atoms with Crippen LogP contribution in [0.3, 0.4) is 0 Å². The van der Waals surface area contributed by atoms with E-state index >= 15 is 0 Å². The first kappa shape index (κ1) is 23.9. The van der Waals surface area contributed by atoms with E-state index in [1.54, 1.807) is 30.3 Å². The highest BCUT2D eigenvalue weighted by atomic mass is 16.6. The lowest BCUT2D eigenvalue weighted by atomic mass is 10.1. The highest BCUT2D eigenvalue weighted by Crippen LogP contribution is 2.25. The largest absolute Gasteiger partial charge is 0.504 e. The van der Waals surface area contributed by atoms with Gasteiger partial charge in [-0.1, -0.05) is 36.4 Å². The minimum atomic E-state index is -1.84. The van der Waals surface area contributed by atoms with Crippen LogP contribution >= 0.6 is 0 Å². The number of ether oxygens (including phenoxy) is 2. The summed E-state index contributed by atoms with van der Waals surface area (Å²) in [4.78, 5) is 48.0. The van der Waals surface area contributed by atoms with E-state index in [4.69, 9.17) is 15.2 Å². The van der Waals surface area contributed by atoms with Gasteiger partial charge in [0, 0.05) is 12.2 Å². The summed E-state index contributed by atoms with van der Waals surface area (Å²) in [5.41, 5.74) is 6.29. The SMILES string of the molecule is CC(=O)C(OC(=O)/C=C/c1ccc(O)c(O)c1)C(OC(=O)/C=C/c1ccccc1)C(N)=O. The first-order valence-corrected chi connectivity index (χ1v) is 9.31. The number of Topliss-reactive ketones (excluding diaryl/α,β-unsaturated/α-hetero) is 1. The van der Waals surface area contributed by atoms with E-state index < -0.39 is 41.6 Å². The zero-order chi connectivity index (χ0) is 23.7. The first-order valence-electron chi connectivity index (χ1n) is 9.31. The number of ketones is 1. The Bertz CT molecular complexity index is 1060. The Hall–Kier alpha value is -4.40. The Labute approximate surface area is 183 Å². The minimum Gasteiger partial charge on any atom is -0.504 e. The second-order valence-electron chi connectivity index (χ2n) is 6.55. The predicted octanol–water partition coefficient (Wildman–Crippen LogP) is 1.72. The van der Waals surface area contributed by atoms with Crippen LogP contribution in [0.25, 0.3) is 12.2 Å². The fourth-order valence-electron chi connectivity index (χ4n) is 2.49. The number of amides is 1. The number of carbonyl (C=O) groups is 4. The molecule has 32 heavy (non-hydrogen) atoms. The van der Waals surface area contributed by atoms with Crippen molar-refractivity contribution in [1.29, 1.82) is 0 Å². The molecule has 0 aliphatic heterocycles. The van der Waals surface area contributed by atoms with Gasteiger partial charge in [-0.05, 0) is 42.3 Å². The van der Waals surface area contributed by atoms with Crippen molar-refractivity contribution in [1.82, 2.24) is 0 Å². The average Bonchev–Trinajstić information content (AvgIpc) is 2.76. The van der Waals surface area contributed by atoms with Gasteiger partial charge in [0.1, 0.15) is 0 Å². The summed E-state index contributed by atoms with van der Waals surface area (Å²) in [7, 11) is 0. The number of esters is 2. The summed E-state index contributed by atoms with van der Waals surface area (Å²) in [6.45, 7) is 1.04. The summed E-state index contributed by atoms with van der Waals surface area (Å²) < 4.78 is 9.95. The number of hydrogen-bond acceptors (Lipinski definition) is 8. The average molecular weight is 439 g/mol. The quantitative estimate of drug-likeness (QED) is 0.303. The van der Waals surface area contributed by atoms with Crippen LogP contribution in [0.1, 0.15) is 18.1 Å². The zero-order valence-electron chi connectivity index (χ0n) is 17.0. The van der Waals surface area contributed by atoms with Crippen molar-refractivity contribution in [2.24, 2.45) is 5.73 Å². The number of rotatable bonds is 9. The molecule has 2 unspecified atom stereocenters. The number of aromatic hydroxyl groups is 2. The normalized spacial score (nSPS) is 12.9. The molecule has 2 aromatic carbocycles. The third kappa shape index (κ3) is 7.13. The molecular weight excluding hydrogens is 418 g/mol. The summed E-state index contributed by atoms with van der Waals surface area (Å²) >= 11 is 0. The maximum atomic E-state index is 12.1. The third-order valence-electron chi connectivity index (χ3n) is 4.07. The monoisotopic (exact) mass is 439 g/mol. The Morgan fingerprint density at radius 3 is 1.91 bits per heavy atom. The van der Waals surface area contributed by atoms with Crippen molar-refractivity contribution in [3.8, 4) is 11.5 Å². The second-order valence-corrected chi connectivity index (χ2v) is 6.55. The minimum absolute atomic E-state index is 0.339. The molecule has 9 nitrogen and oxygen atoms in total. The maximum absolute atomic E-state index is 12.1. The van der Waals surface area contributed by atoms with E-state index in [0.717, 1.165) is 19.1 Å². The summed E-state index contributed by atoms with van der Waals surface area (Å²) in [6, 6.07) is 12.6. The molecule has 0 spiro atoms. The van der Waals surface area contributed by atoms with Crippen molar-refractivity contribution in [3.05, 3.63) is 71.8 Å². The van der Waals surface area contributed by atoms with Gasteiger partial charge in [-0.15, -0.1) is 0 Å². The van der Waals surface area contributed by atoms with E-state index in [9.17, 15) is 29.4 Å². The van der Waals surface area contributed by atoms with Crippen LogP contribution < -0.4 is 5.73 Å². The molecule has 2 rings (SSSR count). The van der Waals surface area contributed by atoms with Gasteiger partial charge < -0.3 is 25.4 Å². The Morgan fingerprint density at radius 2 is 1.38 bits per heavy atom. The standard InChI is InChI=1S/C23H21NO8/c1-14(25)21(31-19(28)12-9-16-7-10-17(26)18(27)13-16)22(23(24)30)32-20(29)11-8-15-5-3-2-4-6-15/h2-13,21-22,26-27H,1H3,(H2,24,30)/b11-8+,12-9+. The fraction of sp³-hybridized carbons (Fsp3) is 0.130. The molecule has 0 saturated heterocycles. The zero-order valence-corrected chi connectivity index (χ0v) is 17.0. The predicted molar refractivity (Wildman–Crippen MR) is 114 cm³/mol. The number of phenolic OH excluding ortho intramolecular Hbond substituents is 2. The van der Waals surface area contributed by atoms with E-state index in [1.807, 2.05) is 0 Å². The highest BCUT2D eigenvalue weighted by molar-refractivity contribution is 5.96. The Morgan fingerprint density at radius 1 is 0.812 bits per heavy atom. The molecule has 0 saturated carbocycles. The molecule has 4 N–H and O–H groups in total. The molecule has 9 heteroatoms. The highest BCUT2D eigenvalue weighted by Gasteiger charge is 2.36. The van der Waals surface area contributed by atoms with Crippen molar-refractivity contribution < 1.29 is 38.9 Å². The maximum Gasteiger partial charge on any atom is 0.331 e. The van der Waals surface area contributed by atoms with Gasteiger partial charge in [0.05, 0.1) is 0 Å². The number of carbonyl (C=O) groups excluding carboxylic acids is 4. The topological polar surface area (TPSA) is 153 Å². The van der Waals surface area contributed by atoms with Gasteiger partial charge in [0.2, 0.25) is 12.2 Å². The number of primary amides is 1. The van der Waals surface area contributed by atoms with Gasteiger partial charge in [-0.25, -0.2) is 9.59 Å². The van der Waals surface area contributed by atoms with Crippen LogP contribution in [-0.2, 0) is 28.7 Å². The van der Waals surface area contributed by atoms with Crippen LogP contribution in [0.2, 0.25) is 0 Å². The molecule has 2 aromatic rings. The molecule has 166 valence electrons. The van der Waals surface area contributed by atoms with Crippen LogP contribution in [-0.4, -0.2) is 46.1 Å². The van der Waals surface area contributed by atoms with Crippen molar-refractivity contribution >= 4 is 35.8 Å². The van der Waals surface area contributed by atoms with Gasteiger partial charge in [0.25, 0.3) is 5.91 Å². The summed E-state index contributed by atoms with van der Waals surface area (Å²) in [6.07, 6.45) is 1.05. The molecule has 2 atom stereocenters. The molecule has 0 aromatic heterocycles. The van der Waals surface area contributed by atoms with Gasteiger partial charge in [0.15, 0.2) is 17.3 Å². The van der Waals surface area contributed by atoms with E-state index in [1.165, 1.54) is 30.4 Å². The fourth-order valence-corrected chi connectivity index (χ4v) is 2.49. The van der Waals surface area contributed by atoms with Crippen LogP contribution in [0.4, 0.5) is 0 Å². The van der Waals surface area contributed by atoms with Crippen LogP contribution in [0.5, 0.6) is 11.5 Å². The van der Waals surface area contributed by atoms with Crippen molar-refractivity contribution in [3.63, 3.8) is 0 Å². The van der Waals surface area contributed by atoms with E-state index in [-0.39, 0.29) is 5.75 Å². The summed E-state index contributed by atoms with van der Waals surface area (Å²) in [5.74, 6) is -4.67. The molecule has 0 heterocycles. The molecule has 0 radical (unpaired) electrons. The number of benzene rings is 2. The lowest BCUT2D eigenvalue weighted by Crippen LogP contribution is -2.47. The van der Waals surface area contributed by atoms with Gasteiger partial charge >= 0.3 is 11.9 Å². The van der Waals surface area contributed by atoms with E-state index in [2.05, 4.69) is 0 Å². The third-order valence-corrected chi connectivity index (χ3v) is 4.07. The number of hydrogen-bond donors (Lipinski definition) is 3. The molecule has 1 amide bonds. The molecule has 0 fully saturated rings. The molecule has 0 aliphatic carbocycles. The Balaban J connectivity index is 2.09. The lowest BCUT2D eigenvalue weighted by Gasteiger charge is -2.21. The van der Waals surface area contributed by atoms with Crippen molar-refractivity contribution in [2.75, 3.05) is 0 Å². The Kier molecular flexibility index (Phi) is 8.29. The van der Waals surface area contributed by atoms with Crippen molar-refractivity contribution in [2.45, 2.75) is 19.1 Å². The first-order chi connectivity index (χ1) is 15.2. The van der Waals surface area contributed by atoms with Crippen LogP contribution in [0.15, 0.2) is 60.7 Å². The van der Waals surface area contributed by atoms with Gasteiger partial charge in [-0.3, -0.25) is 9.59 Å². The number of nitrogens with two attached hydrogens (primary N) is 1. The smallest absolute Gasteiger partial charge is 0.331 e. The second kappa shape index (κ2) is 11.1. The summed E-state index contributed by atoms with van der Waals surface area (Å²) in [5, 5.41) is 18.8. The van der Waals surface area contributed by atoms with Crippen LogP contribution in [0, 0.1) is 0 Å². The van der Waals surface area contributed by atoms with Gasteiger partial charge in [-0.2, -0.15) is 0 Å². The molecule has 0 aliphatic rings. The molecular formula is C23H21NO8. The lowest BCUT2D eigenvalue weighted by molar-refractivity contribution is -0.169. The number of phenols is 2.